The summed E-state index contributed by atoms with van der Waals surface area (Å²) in [5.74, 6) is -0.807. The van der Waals surface area contributed by atoms with Crippen molar-refractivity contribution in [2.24, 2.45) is 5.73 Å². The lowest BCUT2D eigenvalue weighted by Gasteiger charge is -2.19. The molecule has 0 spiro atoms. The molecule has 0 aliphatic carbocycles. The number of nitrogens with two attached hydrogens (primary N) is 1. The lowest BCUT2D eigenvalue weighted by molar-refractivity contribution is -0.161. The number of unbranched alkanes of at least 4 members (excludes halogenated alkanes) is 47. The summed E-state index contributed by atoms with van der Waals surface area (Å²) in [6, 6.07) is 0. The maximum absolute atomic E-state index is 12.8. The zero-order valence-corrected chi connectivity index (χ0v) is 53.3. The monoisotopic (exact) mass is 1130 g/mol. The van der Waals surface area contributed by atoms with Crippen molar-refractivity contribution in [2.45, 2.75) is 367 Å². The largest absolute Gasteiger partial charge is 0.472 e. The molecule has 0 rings (SSSR count). The molecule has 0 fully saturated rings. The summed E-state index contributed by atoms with van der Waals surface area (Å²) in [5.41, 5.74) is 5.40. The Balaban J connectivity index is 3.84. The number of allylic oxidation sites excluding steroid dienone is 6. The van der Waals surface area contributed by atoms with Crippen LogP contribution in [0.25, 0.3) is 0 Å². The Labute approximate surface area is 490 Å². The highest BCUT2D eigenvalue weighted by Crippen LogP contribution is 2.43. The first-order valence-corrected chi connectivity index (χ1v) is 36.0. The molecule has 0 bridgehead atoms. The van der Waals surface area contributed by atoms with E-state index in [1.54, 1.807) is 0 Å². The molecule has 3 N–H and O–H groups in total. The summed E-state index contributed by atoms with van der Waals surface area (Å²) in [4.78, 5) is 35.3. The van der Waals surface area contributed by atoms with Crippen LogP contribution in [0.5, 0.6) is 0 Å². The number of hydrogen-bond acceptors (Lipinski definition) is 8. The Hall–Kier alpha value is -1.77. The molecule has 10 heteroatoms. The van der Waals surface area contributed by atoms with E-state index in [4.69, 9.17) is 24.3 Å². The van der Waals surface area contributed by atoms with E-state index in [9.17, 15) is 19.0 Å². The zero-order chi connectivity index (χ0) is 57.3. The van der Waals surface area contributed by atoms with Gasteiger partial charge in [-0.05, 0) is 70.6 Å². The van der Waals surface area contributed by atoms with Gasteiger partial charge in [0.15, 0.2) is 6.10 Å². The average molecular weight is 1130 g/mol. The van der Waals surface area contributed by atoms with E-state index in [0.29, 0.717) is 6.42 Å². The lowest BCUT2D eigenvalue weighted by Crippen LogP contribution is -2.29. The van der Waals surface area contributed by atoms with Gasteiger partial charge in [0.05, 0.1) is 13.2 Å². The molecule has 0 aromatic carbocycles. The number of esters is 2. The van der Waals surface area contributed by atoms with Gasteiger partial charge in [-0.2, -0.15) is 0 Å². The fourth-order valence-corrected chi connectivity index (χ4v) is 11.1. The SMILES string of the molecule is CCCCCCC/C=C\C/C=C\CCCCCCCCCCCCCCCCCCCC(=O)OC(COC(=O)CCCCCCCCCCCCCCCCCCC/C=C\CCCCCCCCCC)COP(=O)(O)OCCN. The van der Waals surface area contributed by atoms with Crippen molar-refractivity contribution in [3.8, 4) is 0 Å². The van der Waals surface area contributed by atoms with Crippen LogP contribution in [-0.2, 0) is 32.7 Å². The summed E-state index contributed by atoms with van der Waals surface area (Å²) in [5, 5.41) is 0. The highest BCUT2D eigenvalue weighted by atomic mass is 31.2. The normalized spacial score (nSPS) is 13.1. The third-order valence-electron chi connectivity index (χ3n) is 15.5. The fourth-order valence-electron chi connectivity index (χ4n) is 10.4. The van der Waals surface area contributed by atoms with Crippen molar-refractivity contribution in [1.29, 1.82) is 0 Å². The number of ether oxygens (including phenoxy) is 2. The molecule has 2 atom stereocenters. The Bertz CT molecular complexity index is 1390. The fraction of sp³-hybridized carbons (Fsp3) is 0.884. The highest BCUT2D eigenvalue weighted by Gasteiger charge is 2.26. The summed E-state index contributed by atoms with van der Waals surface area (Å²) < 4.78 is 33.2. The molecule has 0 radical (unpaired) electrons. The van der Waals surface area contributed by atoms with Gasteiger partial charge in [-0.15, -0.1) is 0 Å². The molecule has 0 saturated heterocycles. The second-order valence-electron chi connectivity index (χ2n) is 23.4. The Morgan fingerprint density at radius 3 is 0.975 bits per heavy atom. The van der Waals surface area contributed by atoms with Gasteiger partial charge >= 0.3 is 19.8 Å². The molecule has 0 aromatic rings. The summed E-state index contributed by atoms with van der Waals surface area (Å²) in [6.45, 7) is 3.80. The third kappa shape index (κ3) is 65.3. The molecule has 466 valence electrons. The predicted octanol–water partition coefficient (Wildman–Crippen LogP) is 22.3. The molecule has 0 aliphatic heterocycles. The van der Waals surface area contributed by atoms with Crippen molar-refractivity contribution < 1.29 is 37.6 Å². The summed E-state index contributed by atoms with van der Waals surface area (Å²) in [7, 11) is -4.39. The maximum atomic E-state index is 12.8. The molecule has 0 saturated carbocycles. The van der Waals surface area contributed by atoms with Crippen molar-refractivity contribution in [3.05, 3.63) is 36.5 Å². The second-order valence-corrected chi connectivity index (χ2v) is 24.8. The molecule has 0 aliphatic rings. The Morgan fingerprint density at radius 2 is 0.658 bits per heavy atom. The van der Waals surface area contributed by atoms with Gasteiger partial charge < -0.3 is 20.1 Å². The quantitative estimate of drug-likeness (QED) is 0.0264. The average Bonchev–Trinajstić information content (AvgIpc) is 3.44. The Kier molecular flexibility index (Phi) is 63.9. The van der Waals surface area contributed by atoms with Gasteiger partial charge in [0, 0.05) is 19.4 Å². The molecular weight excluding hydrogens is 1000 g/mol. The van der Waals surface area contributed by atoms with Crippen LogP contribution in [0.4, 0.5) is 0 Å². The van der Waals surface area contributed by atoms with E-state index in [-0.39, 0.29) is 38.6 Å². The summed E-state index contributed by atoms with van der Waals surface area (Å²) in [6.07, 6.45) is 80.9. The van der Waals surface area contributed by atoms with Crippen molar-refractivity contribution in [3.63, 3.8) is 0 Å². The zero-order valence-electron chi connectivity index (χ0n) is 52.4. The molecular formula is C69H132NO8P. The van der Waals surface area contributed by atoms with Gasteiger partial charge in [-0.25, -0.2) is 4.57 Å². The third-order valence-corrected chi connectivity index (χ3v) is 16.5. The number of carbonyl (C=O) groups is 2. The minimum Gasteiger partial charge on any atom is -0.462 e. The number of rotatable bonds is 66. The number of carbonyl (C=O) groups excluding carboxylic acids is 2. The van der Waals surface area contributed by atoms with E-state index in [2.05, 4.69) is 50.3 Å². The smallest absolute Gasteiger partial charge is 0.462 e. The van der Waals surface area contributed by atoms with Crippen LogP contribution >= 0.6 is 7.82 Å². The highest BCUT2D eigenvalue weighted by molar-refractivity contribution is 7.47. The first-order chi connectivity index (χ1) is 38.8. The minimum absolute atomic E-state index is 0.0557. The molecule has 2 unspecified atom stereocenters. The van der Waals surface area contributed by atoms with E-state index in [0.717, 1.165) is 38.5 Å². The molecule has 9 nitrogen and oxygen atoms in total. The van der Waals surface area contributed by atoms with E-state index < -0.39 is 26.5 Å². The standard InChI is InChI=1S/C69H132NO8P/c1-3-5-7-9-11-13-15-17-19-21-23-25-27-29-31-33-35-37-39-41-43-45-47-49-51-53-55-57-59-61-68(71)75-65-67(66-77-79(73,74)76-64-63-70)78-69(72)62-60-58-56-54-52-50-48-46-44-42-40-38-36-34-32-30-28-26-24-22-20-18-16-14-12-10-8-6-4-2/h16,18,21-24,67H,3-15,17,19-20,25-66,70H2,1-2H3,(H,73,74)/b18-16-,23-21-,24-22-. The number of phosphoric ester groups is 1. The van der Waals surface area contributed by atoms with Gasteiger partial charge in [0.25, 0.3) is 0 Å². The van der Waals surface area contributed by atoms with E-state index >= 15 is 0 Å². The molecule has 0 heterocycles. The van der Waals surface area contributed by atoms with Crippen LogP contribution in [-0.4, -0.2) is 49.3 Å². The molecule has 0 aromatic heterocycles. The van der Waals surface area contributed by atoms with Gasteiger partial charge in [-0.3, -0.25) is 18.6 Å². The molecule has 0 amide bonds. The van der Waals surface area contributed by atoms with Crippen LogP contribution in [0.1, 0.15) is 361 Å². The second kappa shape index (κ2) is 65.4. The van der Waals surface area contributed by atoms with Gasteiger partial charge in [-0.1, -0.05) is 314 Å². The Morgan fingerprint density at radius 1 is 0.380 bits per heavy atom. The van der Waals surface area contributed by atoms with Crippen LogP contribution < -0.4 is 5.73 Å². The lowest BCUT2D eigenvalue weighted by atomic mass is 10.0. The maximum Gasteiger partial charge on any atom is 0.472 e. The van der Waals surface area contributed by atoms with Crippen molar-refractivity contribution in [2.75, 3.05) is 26.4 Å². The van der Waals surface area contributed by atoms with Crippen LogP contribution in [0.2, 0.25) is 0 Å². The predicted molar refractivity (Wildman–Crippen MR) is 340 cm³/mol. The van der Waals surface area contributed by atoms with Crippen LogP contribution in [0.15, 0.2) is 36.5 Å². The first kappa shape index (κ1) is 77.2. The van der Waals surface area contributed by atoms with Crippen LogP contribution in [0.3, 0.4) is 0 Å². The van der Waals surface area contributed by atoms with Crippen LogP contribution in [0, 0.1) is 0 Å². The molecule has 79 heavy (non-hydrogen) atoms. The topological polar surface area (TPSA) is 134 Å². The number of hydrogen-bond donors (Lipinski definition) is 2. The van der Waals surface area contributed by atoms with Gasteiger partial charge in [0.2, 0.25) is 0 Å². The van der Waals surface area contributed by atoms with Crippen molar-refractivity contribution in [1.82, 2.24) is 0 Å². The van der Waals surface area contributed by atoms with E-state index in [1.807, 2.05) is 0 Å². The summed E-state index contributed by atoms with van der Waals surface area (Å²) >= 11 is 0. The minimum atomic E-state index is -4.39. The van der Waals surface area contributed by atoms with Gasteiger partial charge in [0.1, 0.15) is 6.61 Å². The first-order valence-electron chi connectivity index (χ1n) is 34.5. The van der Waals surface area contributed by atoms with Crippen molar-refractivity contribution >= 4 is 19.8 Å². The van der Waals surface area contributed by atoms with E-state index in [1.165, 1.54) is 289 Å². The number of phosphoric acid groups is 1.